The summed E-state index contributed by atoms with van der Waals surface area (Å²) in [7, 11) is 0. The molecule has 3 aromatic rings. The number of carbonyl (C=O) groups is 2. The third kappa shape index (κ3) is 4.22. The van der Waals surface area contributed by atoms with E-state index in [1.165, 1.54) is 38.5 Å². The summed E-state index contributed by atoms with van der Waals surface area (Å²) in [5.74, 6) is 2.40. The number of rotatable bonds is 5. The summed E-state index contributed by atoms with van der Waals surface area (Å²) in [5.41, 5.74) is 4.15. The molecule has 0 spiro atoms. The van der Waals surface area contributed by atoms with Gasteiger partial charge in [-0.3, -0.25) is 9.59 Å². The Morgan fingerprint density at radius 1 is 0.912 bits per heavy atom. The van der Waals surface area contributed by atoms with E-state index in [0.717, 1.165) is 53.3 Å². The van der Waals surface area contributed by atoms with Crippen molar-refractivity contribution in [1.29, 1.82) is 0 Å². The molecule has 0 saturated heterocycles. The van der Waals surface area contributed by atoms with Crippen molar-refractivity contribution < 1.29 is 9.59 Å². The molecule has 3 unspecified atom stereocenters. The van der Waals surface area contributed by atoms with Gasteiger partial charge >= 0.3 is 0 Å². The fourth-order valence-corrected chi connectivity index (χ4v) is 6.32. The second-order valence-corrected chi connectivity index (χ2v) is 10.5. The molecule has 0 aliphatic heterocycles. The summed E-state index contributed by atoms with van der Waals surface area (Å²) >= 11 is 0. The third-order valence-corrected chi connectivity index (χ3v) is 8.19. The van der Waals surface area contributed by atoms with Crippen LogP contribution in [-0.4, -0.2) is 27.8 Å². The molecule has 6 rings (SSSR count). The number of aromatic nitrogens is 2. The highest BCUT2D eigenvalue weighted by molar-refractivity contribution is 5.96. The summed E-state index contributed by atoms with van der Waals surface area (Å²) < 4.78 is 0. The molecule has 3 N–H and O–H groups in total. The maximum atomic E-state index is 12.8. The Morgan fingerprint density at radius 3 is 2.47 bits per heavy atom. The number of anilines is 1. The summed E-state index contributed by atoms with van der Waals surface area (Å²) in [6.07, 6.45) is 10.6. The molecule has 1 aromatic heterocycles. The highest BCUT2D eigenvalue weighted by Crippen LogP contribution is 2.48. The predicted octanol–water partition coefficient (Wildman–Crippen LogP) is 5.67. The second kappa shape index (κ2) is 8.90. The Balaban J connectivity index is 1.13. The first-order valence-electron chi connectivity index (χ1n) is 12.8. The summed E-state index contributed by atoms with van der Waals surface area (Å²) in [6, 6.07) is 13.7. The molecule has 2 amide bonds. The van der Waals surface area contributed by atoms with Crippen molar-refractivity contribution in [3.63, 3.8) is 0 Å². The molecule has 3 saturated carbocycles. The van der Waals surface area contributed by atoms with Crippen molar-refractivity contribution in [2.24, 2.45) is 17.8 Å². The fourth-order valence-electron chi connectivity index (χ4n) is 6.32. The van der Waals surface area contributed by atoms with Crippen LogP contribution in [0.1, 0.15) is 68.1 Å². The van der Waals surface area contributed by atoms with Crippen molar-refractivity contribution >= 4 is 28.5 Å². The lowest BCUT2D eigenvalue weighted by Gasteiger charge is -2.22. The van der Waals surface area contributed by atoms with Crippen LogP contribution in [0.2, 0.25) is 0 Å². The van der Waals surface area contributed by atoms with Crippen LogP contribution in [0.3, 0.4) is 0 Å². The van der Waals surface area contributed by atoms with E-state index >= 15 is 0 Å². The van der Waals surface area contributed by atoms with Crippen molar-refractivity contribution in [3.8, 4) is 11.4 Å². The van der Waals surface area contributed by atoms with Gasteiger partial charge in [0.1, 0.15) is 5.82 Å². The smallest absolute Gasteiger partial charge is 0.251 e. The predicted molar refractivity (Wildman–Crippen MR) is 133 cm³/mol. The molecule has 2 aromatic carbocycles. The Bertz CT molecular complexity index is 1210. The third-order valence-electron chi connectivity index (χ3n) is 8.19. The topological polar surface area (TPSA) is 86.9 Å². The summed E-state index contributed by atoms with van der Waals surface area (Å²) in [4.78, 5) is 33.5. The lowest BCUT2D eigenvalue weighted by molar-refractivity contribution is -0.121. The van der Waals surface area contributed by atoms with Crippen LogP contribution in [0.25, 0.3) is 22.4 Å². The molecule has 176 valence electrons. The minimum Gasteiger partial charge on any atom is -0.349 e. The largest absolute Gasteiger partial charge is 0.349 e. The van der Waals surface area contributed by atoms with E-state index in [-0.39, 0.29) is 17.7 Å². The van der Waals surface area contributed by atoms with Crippen LogP contribution in [-0.2, 0) is 4.79 Å². The first kappa shape index (κ1) is 21.4. The summed E-state index contributed by atoms with van der Waals surface area (Å²) in [6.45, 7) is 0. The number of H-pyrrole nitrogens is 1. The quantitative estimate of drug-likeness (QED) is 0.462. The molecule has 2 bridgehead atoms. The fraction of sp³-hybridized carbons (Fsp3) is 0.464. The monoisotopic (exact) mass is 456 g/mol. The molecular weight excluding hydrogens is 424 g/mol. The maximum Gasteiger partial charge on any atom is 0.251 e. The molecule has 34 heavy (non-hydrogen) atoms. The van der Waals surface area contributed by atoms with Gasteiger partial charge in [-0.25, -0.2) is 4.98 Å². The van der Waals surface area contributed by atoms with Crippen LogP contribution >= 0.6 is 0 Å². The van der Waals surface area contributed by atoms with E-state index in [1.54, 1.807) is 0 Å². The number of hydrogen-bond acceptors (Lipinski definition) is 3. The van der Waals surface area contributed by atoms with E-state index in [0.29, 0.717) is 17.5 Å². The molecule has 3 atom stereocenters. The second-order valence-electron chi connectivity index (χ2n) is 10.5. The molecule has 3 fully saturated rings. The number of fused-ring (bicyclic) bond motifs is 3. The standard InChI is InChI=1S/C28H32N4O2/c33-27(29-21-4-2-1-3-5-21)19-10-8-18(9-11-19)26-31-24-13-12-22(16-25(24)32-26)30-28(34)23-15-17-6-7-20(23)14-17/h8-13,16-17,20-21,23H,1-7,14-15H2,(H,29,33)(H,30,34)(H,31,32). The lowest BCUT2D eigenvalue weighted by Crippen LogP contribution is -2.36. The zero-order valence-corrected chi connectivity index (χ0v) is 19.5. The molecule has 3 aliphatic rings. The van der Waals surface area contributed by atoms with Gasteiger partial charge in [0, 0.05) is 28.8 Å². The van der Waals surface area contributed by atoms with Crippen molar-refractivity contribution in [2.45, 2.75) is 63.8 Å². The van der Waals surface area contributed by atoms with Gasteiger partial charge in [-0.2, -0.15) is 0 Å². The summed E-state index contributed by atoms with van der Waals surface area (Å²) in [5, 5.41) is 6.30. The molecule has 1 heterocycles. The normalized spacial score (nSPS) is 24.4. The van der Waals surface area contributed by atoms with Crippen LogP contribution in [0.5, 0.6) is 0 Å². The molecule has 3 aliphatic carbocycles. The minimum absolute atomic E-state index is 0.000997. The van der Waals surface area contributed by atoms with Gasteiger partial charge in [0.2, 0.25) is 5.91 Å². The van der Waals surface area contributed by atoms with Gasteiger partial charge in [-0.1, -0.05) is 37.8 Å². The van der Waals surface area contributed by atoms with Gasteiger partial charge in [0.15, 0.2) is 0 Å². The van der Waals surface area contributed by atoms with E-state index in [2.05, 4.69) is 15.6 Å². The van der Waals surface area contributed by atoms with Crippen LogP contribution in [0.4, 0.5) is 5.69 Å². The van der Waals surface area contributed by atoms with Gasteiger partial charge < -0.3 is 15.6 Å². The molecule has 6 heteroatoms. The Labute approximate surface area is 199 Å². The van der Waals surface area contributed by atoms with Crippen molar-refractivity contribution in [3.05, 3.63) is 48.0 Å². The van der Waals surface area contributed by atoms with Crippen molar-refractivity contribution in [1.82, 2.24) is 15.3 Å². The number of benzene rings is 2. The van der Waals surface area contributed by atoms with Crippen LogP contribution in [0, 0.1) is 17.8 Å². The Morgan fingerprint density at radius 2 is 1.74 bits per heavy atom. The SMILES string of the molecule is O=C(NC1CCCCC1)c1ccc(-c2nc3cc(NC(=O)C4CC5CCC4C5)ccc3[nH]2)cc1. The van der Waals surface area contributed by atoms with Crippen LogP contribution < -0.4 is 10.6 Å². The van der Waals surface area contributed by atoms with Crippen molar-refractivity contribution in [2.75, 3.05) is 5.32 Å². The Kier molecular flexibility index (Phi) is 5.60. The zero-order chi connectivity index (χ0) is 23.1. The number of imidazole rings is 1. The van der Waals surface area contributed by atoms with E-state index in [1.807, 2.05) is 42.5 Å². The molecule has 0 radical (unpaired) electrons. The number of hydrogen-bond donors (Lipinski definition) is 3. The van der Waals surface area contributed by atoms with Gasteiger partial charge in [0.05, 0.1) is 11.0 Å². The average molecular weight is 457 g/mol. The van der Waals surface area contributed by atoms with Gasteiger partial charge in [-0.05, 0) is 74.3 Å². The van der Waals surface area contributed by atoms with Gasteiger partial charge in [-0.15, -0.1) is 0 Å². The van der Waals surface area contributed by atoms with Gasteiger partial charge in [0.25, 0.3) is 5.91 Å². The first-order valence-corrected chi connectivity index (χ1v) is 12.8. The maximum absolute atomic E-state index is 12.8. The number of nitrogens with one attached hydrogen (secondary N) is 3. The average Bonchev–Trinajstić information content (AvgIpc) is 3.60. The highest BCUT2D eigenvalue weighted by Gasteiger charge is 2.43. The van der Waals surface area contributed by atoms with Crippen LogP contribution in [0.15, 0.2) is 42.5 Å². The Hall–Kier alpha value is -3.15. The number of carbonyl (C=O) groups excluding carboxylic acids is 2. The first-order chi connectivity index (χ1) is 16.6. The minimum atomic E-state index is -0.000997. The zero-order valence-electron chi connectivity index (χ0n) is 19.5. The molecular formula is C28H32N4O2. The lowest BCUT2D eigenvalue weighted by atomic mass is 9.88. The number of aromatic amines is 1. The highest BCUT2D eigenvalue weighted by atomic mass is 16.2. The number of nitrogens with zero attached hydrogens (tertiary/aromatic N) is 1. The van der Waals surface area contributed by atoms with E-state index < -0.39 is 0 Å². The van der Waals surface area contributed by atoms with E-state index in [9.17, 15) is 9.59 Å². The number of amides is 2. The van der Waals surface area contributed by atoms with E-state index in [4.69, 9.17) is 4.98 Å². The molecule has 6 nitrogen and oxygen atoms in total.